The van der Waals surface area contributed by atoms with E-state index in [-0.39, 0.29) is 5.56 Å². The summed E-state index contributed by atoms with van der Waals surface area (Å²) in [6.45, 7) is 4.23. The molecule has 6 heteroatoms. The van der Waals surface area contributed by atoms with Crippen LogP contribution in [-0.4, -0.2) is 19.7 Å². The highest BCUT2D eigenvalue weighted by molar-refractivity contribution is 14.1. The normalized spacial score (nSPS) is 11.2. The van der Waals surface area contributed by atoms with Gasteiger partial charge in [-0.25, -0.2) is 4.98 Å². The standard InChI is InChI=1S/C12H15IN4O/c1-7(2)6-8-10(13)12(18)16-11(15-8)9-4-5-14-17(9)3/h4-5,7H,6H2,1-3H3,(H,15,16,18). The van der Waals surface area contributed by atoms with Gasteiger partial charge < -0.3 is 4.98 Å². The average Bonchev–Trinajstić information content (AvgIpc) is 2.70. The zero-order valence-corrected chi connectivity index (χ0v) is 12.7. The van der Waals surface area contributed by atoms with E-state index >= 15 is 0 Å². The summed E-state index contributed by atoms with van der Waals surface area (Å²) in [7, 11) is 1.83. The molecule has 2 aromatic heterocycles. The first-order valence-corrected chi connectivity index (χ1v) is 6.84. The average molecular weight is 358 g/mol. The fraction of sp³-hybridized carbons (Fsp3) is 0.417. The lowest BCUT2D eigenvalue weighted by Gasteiger charge is -2.08. The Hall–Kier alpha value is -1.18. The van der Waals surface area contributed by atoms with Gasteiger partial charge in [-0.2, -0.15) is 5.10 Å². The SMILES string of the molecule is CC(C)Cc1nc(-c2ccnn2C)[nH]c(=O)c1I. The fourth-order valence-electron chi connectivity index (χ4n) is 1.75. The first-order valence-electron chi connectivity index (χ1n) is 5.76. The van der Waals surface area contributed by atoms with Crippen molar-refractivity contribution in [1.82, 2.24) is 19.7 Å². The third-order valence-corrected chi connectivity index (χ3v) is 3.71. The van der Waals surface area contributed by atoms with Gasteiger partial charge in [0.1, 0.15) is 5.69 Å². The van der Waals surface area contributed by atoms with E-state index in [9.17, 15) is 4.79 Å². The van der Waals surface area contributed by atoms with E-state index in [0.29, 0.717) is 15.3 Å². The van der Waals surface area contributed by atoms with E-state index in [4.69, 9.17) is 0 Å². The van der Waals surface area contributed by atoms with Crippen LogP contribution < -0.4 is 5.56 Å². The van der Waals surface area contributed by atoms with Crippen molar-refractivity contribution in [2.45, 2.75) is 20.3 Å². The monoisotopic (exact) mass is 358 g/mol. The molecule has 0 aliphatic heterocycles. The van der Waals surface area contributed by atoms with Crippen molar-refractivity contribution in [2.24, 2.45) is 13.0 Å². The zero-order valence-electron chi connectivity index (χ0n) is 10.6. The summed E-state index contributed by atoms with van der Waals surface area (Å²) in [5.74, 6) is 1.04. The summed E-state index contributed by atoms with van der Waals surface area (Å²) in [6.07, 6.45) is 2.49. The Morgan fingerprint density at radius 3 is 2.78 bits per heavy atom. The number of aromatic nitrogens is 4. The second-order valence-corrected chi connectivity index (χ2v) is 5.69. The number of aromatic amines is 1. The zero-order chi connectivity index (χ0) is 13.3. The molecule has 0 aliphatic rings. The molecule has 0 saturated carbocycles. The summed E-state index contributed by atoms with van der Waals surface area (Å²) < 4.78 is 2.37. The Kier molecular flexibility index (Phi) is 3.84. The highest BCUT2D eigenvalue weighted by atomic mass is 127. The molecule has 0 aromatic carbocycles. The van der Waals surface area contributed by atoms with Gasteiger partial charge in [0, 0.05) is 13.2 Å². The third-order valence-electron chi connectivity index (χ3n) is 2.60. The summed E-state index contributed by atoms with van der Waals surface area (Å²) in [5.41, 5.74) is 1.58. The van der Waals surface area contributed by atoms with Crippen molar-refractivity contribution in [3.05, 3.63) is 31.9 Å². The number of hydrogen-bond acceptors (Lipinski definition) is 3. The molecule has 0 aliphatic carbocycles. The highest BCUT2D eigenvalue weighted by Gasteiger charge is 2.13. The summed E-state index contributed by atoms with van der Waals surface area (Å²) in [5, 5.41) is 4.09. The van der Waals surface area contributed by atoms with E-state index in [0.717, 1.165) is 17.8 Å². The van der Waals surface area contributed by atoms with Gasteiger partial charge >= 0.3 is 0 Å². The lowest BCUT2D eigenvalue weighted by atomic mass is 10.1. The van der Waals surface area contributed by atoms with Crippen molar-refractivity contribution >= 4 is 22.6 Å². The van der Waals surface area contributed by atoms with Crippen molar-refractivity contribution < 1.29 is 0 Å². The van der Waals surface area contributed by atoms with Crippen LogP contribution in [0.15, 0.2) is 17.1 Å². The van der Waals surface area contributed by atoms with Crippen LogP contribution >= 0.6 is 22.6 Å². The van der Waals surface area contributed by atoms with Crippen molar-refractivity contribution in [3.63, 3.8) is 0 Å². The van der Waals surface area contributed by atoms with E-state index < -0.39 is 0 Å². The maximum Gasteiger partial charge on any atom is 0.264 e. The molecule has 0 bridgehead atoms. The van der Waals surface area contributed by atoms with Crippen LogP contribution in [0.3, 0.4) is 0 Å². The number of nitrogens with one attached hydrogen (secondary N) is 1. The maximum absolute atomic E-state index is 11.9. The molecule has 18 heavy (non-hydrogen) atoms. The Bertz CT molecular complexity index is 615. The summed E-state index contributed by atoms with van der Waals surface area (Å²) in [6, 6.07) is 1.84. The van der Waals surface area contributed by atoms with Gasteiger partial charge in [0.25, 0.3) is 5.56 Å². The molecule has 0 atom stereocenters. The molecule has 0 unspecified atom stereocenters. The van der Waals surface area contributed by atoms with E-state index in [1.165, 1.54) is 0 Å². The minimum Gasteiger partial charge on any atom is -0.304 e. The van der Waals surface area contributed by atoms with Crippen molar-refractivity contribution in [1.29, 1.82) is 0 Å². The van der Waals surface area contributed by atoms with E-state index in [1.54, 1.807) is 10.9 Å². The van der Waals surface area contributed by atoms with Crippen LogP contribution in [0, 0.1) is 9.49 Å². The topological polar surface area (TPSA) is 63.6 Å². The number of nitrogens with zero attached hydrogens (tertiary/aromatic N) is 3. The predicted molar refractivity (Wildman–Crippen MR) is 78.3 cm³/mol. The summed E-state index contributed by atoms with van der Waals surface area (Å²) in [4.78, 5) is 19.3. The van der Waals surface area contributed by atoms with Crippen LogP contribution in [0.1, 0.15) is 19.5 Å². The number of H-pyrrole nitrogens is 1. The number of aryl methyl sites for hydroxylation is 1. The lowest BCUT2D eigenvalue weighted by Crippen LogP contribution is -2.18. The second-order valence-electron chi connectivity index (χ2n) is 4.61. The molecule has 0 saturated heterocycles. The Labute approximate surface area is 119 Å². The van der Waals surface area contributed by atoms with Gasteiger partial charge in [-0.15, -0.1) is 0 Å². The molecular weight excluding hydrogens is 343 g/mol. The van der Waals surface area contributed by atoms with Crippen LogP contribution in [0.25, 0.3) is 11.5 Å². The van der Waals surface area contributed by atoms with Gasteiger partial charge in [-0.05, 0) is 41.0 Å². The van der Waals surface area contributed by atoms with Crippen LogP contribution in [0.5, 0.6) is 0 Å². The molecule has 0 amide bonds. The van der Waals surface area contributed by atoms with Gasteiger partial charge in [0.05, 0.1) is 9.26 Å². The Morgan fingerprint density at radius 2 is 2.22 bits per heavy atom. The third kappa shape index (κ3) is 2.63. The molecule has 0 spiro atoms. The molecule has 2 rings (SSSR count). The second kappa shape index (κ2) is 5.21. The number of rotatable bonds is 3. The maximum atomic E-state index is 11.9. The fourth-order valence-corrected chi connectivity index (χ4v) is 2.23. The van der Waals surface area contributed by atoms with Gasteiger partial charge in [0.2, 0.25) is 0 Å². The lowest BCUT2D eigenvalue weighted by molar-refractivity contribution is 0.630. The number of halogens is 1. The predicted octanol–water partition coefficient (Wildman–Crippen LogP) is 1.97. The molecule has 96 valence electrons. The first-order chi connectivity index (χ1) is 8.49. The molecule has 1 N–H and O–H groups in total. The number of hydrogen-bond donors (Lipinski definition) is 1. The van der Waals surface area contributed by atoms with Crippen molar-refractivity contribution in [3.8, 4) is 11.5 Å². The molecular formula is C12H15IN4O. The smallest absolute Gasteiger partial charge is 0.264 e. The highest BCUT2D eigenvalue weighted by Crippen LogP contribution is 2.16. The minimum absolute atomic E-state index is 0.0857. The molecule has 0 fully saturated rings. The molecule has 5 nitrogen and oxygen atoms in total. The molecule has 2 aromatic rings. The van der Waals surface area contributed by atoms with Crippen LogP contribution in [0.4, 0.5) is 0 Å². The van der Waals surface area contributed by atoms with Crippen LogP contribution in [0.2, 0.25) is 0 Å². The van der Waals surface area contributed by atoms with E-state index in [2.05, 4.69) is 51.5 Å². The summed E-state index contributed by atoms with van der Waals surface area (Å²) >= 11 is 2.05. The van der Waals surface area contributed by atoms with E-state index in [1.807, 2.05) is 13.1 Å². The largest absolute Gasteiger partial charge is 0.304 e. The molecule has 2 heterocycles. The Balaban J connectivity index is 2.54. The quantitative estimate of drug-likeness (QED) is 0.854. The van der Waals surface area contributed by atoms with Gasteiger partial charge in [-0.3, -0.25) is 9.48 Å². The van der Waals surface area contributed by atoms with Gasteiger partial charge in [0.15, 0.2) is 5.82 Å². The first kappa shape index (κ1) is 13.3. The van der Waals surface area contributed by atoms with Crippen molar-refractivity contribution in [2.75, 3.05) is 0 Å². The van der Waals surface area contributed by atoms with Crippen LogP contribution in [-0.2, 0) is 13.5 Å². The molecule has 0 radical (unpaired) electrons. The minimum atomic E-state index is -0.0857. The van der Waals surface area contributed by atoms with Gasteiger partial charge in [-0.1, -0.05) is 13.8 Å². The Morgan fingerprint density at radius 1 is 1.50 bits per heavy atom.